The van der Waals surface area contributed by atoms with Gasteiger partial charge >= 0.3 is 6.09 Å². The van der Waals surface area contributed by atoms with E-state index in [1.807, 2.05) is 43.3 Å². The minimum Gasteiger partial charge on any atom is -0.485 e. The van der Waals surface area contributed by atoms with Crippen LogP contribution in [-0.4, -0.2) is 70.4 Å². The zero-order chi connectivity index (χ0) is 34.9. The molecule has 258 valence electrons. The van der Waals surface area contributed by atoms with Crippen LogP contribution in [0.1, 0.15) is 113 Å². The highest BCUT2D eigenvalue weighted by molar-refractivity contribution is 6.05. The Balaban J connectivity index is 1.65. The van der Waals surface area contributed by atoms with Gasteiger partial charge < -0.3 is 24.6 Å². The number of rotatable bonds is 4. The van der Waals surface area contributed by atoms with Gasteiger partial charge in [-0.2, -0.15) is 0 Å². The molecule has 0 spiro atoms. The zero-order valence-corrected chi connectivity index (χ0v) is 29.0. The van der Waals surface area contributed by atoms with E-state index < -0.39 is 46.9 Å². The maximum atomic E-state index is 14.3. The molecule has 11 heteroatoms. The summed E-state index contributed by atoms with van der Waals surface area (Å²) in [7, 11) is 1.58. The molecule has 3 amide bonds. The molecule has 11 nitrogen and oxygen atoms in total. The van der Waals surface area contributed by atoms with Gasteiger partial charge in [-0.1, -0.05) is 37.3 Å². The third-order valence-corrected chi connectivity index (χ3v) is 9.17. The molecule has 2 aromatic carbocycles. The number of amides is 3. The van der Waals surface area contributed by atoms with Crippen LogP contribution in [0.3, 0.4) is 0 Å². The van der Waals surface area contributed by atoms with Crippen LogP contribution in [0, 0.1) is 0 Å². The summed E-state index contributed by atoms with van der Waals surface area (Å²) >= 11 is 0. The molecule has 4 aliphatic heterocycles. The van der Waals surface area contributed by atoms with Gasteiger partial charge in [-0.05, 0) is 95.7 Å². The lowest BCUT2D eigenvalue weighted by Gasteiger charge is -2.42. The largest absolute Gasteiger partial charge is 0.485 e. The lowest BCUT2D eigenvalue weighted by atomic mass is 9.84. The smallest absolute Gasteiger partial charge is 0.414 e. The van der Waals surface area contributed by atoms with Crippen LogP contribution in [0.5, 0.6) is 5.75 Å². The minimum atomic E-state index is -1.03. The van der Waals surface area contributed by atoms with E-state index >= 15 is 0 Å². The van der Waals surface area contributed by atoms with Gasteiger partial charge in [0.05, 0.1) is 24.0 Å². The average Bonchev–Trinajstić information content (AvgIpc) is 3.01. The molecule has 0 saturated heterocycles. The van der Waals surface area contributed by atoms with E-state index in [2.05, 4.69) is 10.6 Å². The van der Waals surface area contributed by atoms with Crippen LogP contribution >= 0.6 is 0 Å². The predicted molar refractivity (Wildman–Crippen MR) is 183 cm³/mol. The number of fused-ring (bicyclic) bond motifs is 4. The fraction of sp³-hybridized carbons (Fsp3) is 0.514. The van der Waals surface area contributed by atoms with E-state index in [1.165, 1.54) is 4.90 Å². The van der Waals surface area contributed by atoms with Gasteiger partial charge in [0.1, 0.15) is 23.1 Å². The molecule has 6 rings (SSSR count). The number of allylic oxidation sites excluding steroid dienone is 1. The van der Waals surface area contributed by atoms with Crippen LogP contribution < -0.4 is 15.4 Å². The Labute approximate surface area is 282 Å². The van der Waals surface area contributed by atoms with Crippen molar-refractivity contribution in [1.82, 2.24) is 15.5 Å². The number of aliphatic hydroxyl groups is 1. The lowest BCUT2D eigenvalue weighted by Crippen LogP contribution is -2.56. The van der Waals surface area contributed by atoms with Gasteiger partial charge in [-0.3, -0.25) is 19.8 Å². The summed E-state index contributed by atoms with van der Waals surface area (Å²) in [5, 5.41) is 17.3. The molecule has 0 aromatic heterocycles. The molecule has 1 unspecified atom stereocenters. The minimum absolute atomic E-state index is 0.108. The van der Waals surface area contributed by atoms with Gasteiger partial charge in [-0.25, -0.2) is 9.79 Å². The van der Waals surface area contributed by atoms with Crippen LogP contribution in [-0.2, 0) is 14.3 Å². The number of aliphatic imine (C=N–C) groups is 1. The second kappa shape index (κ2) is 13.7. The van der Waals surface area contributed by atoms with Crippen molar-refractivity contribution in [3.05, 3.63) is 70.8 Å². The third kappa shape index (κ3) is 7.57. The van der Waals surface area contributed by atoms with Crippen LogP contribution in [0.25, 0.3) is 6.08 Å². The number of carbonyl (C=O) groups is 3. The Bertz CT molecular complexity index is 1610. The van der Waals surface area contributed by atoms with Crippen molar-refractivity contribution in [2.24, 2.45) is 4.99 Å². The van der Waals surface area contributed by atoms with Crippen molar-refractivity contribution in [1.29, 1.82) is 0 Å². The summed E-state index contributed by atoms with van der Waals surface area (Å²) in [4.78, 5) is 47.9. The molecule has 4 heterocycles. The molecular weight excluding hydrogens is 612 g/mol. The van der Waals surface area contributed by atoms with E-state index in [1.54, 1.807) is 59.9 Å². The second-order valence-corrected chi connectivity index (χ2v) is 14.3. The first-order chi connectivity index (χ1) is 22.6. The molecule has 0 aliphatic carbocycles. The Morgan fingerprint density at radius 3 is 2.67 bits per heavy atom. The van der Waals surface area contributed by atoms with Gasteiger partial charge in [0.25, 0.3) is 5.91 Å². The number of guanidine groups is 1. The highest BCUT2D eigenvalue weighted by atomic mass is 16.6. The van der Waals surface area contributed by atoms with Crippen molar-refractivity contribution >= 4 is 29.9 Å². The molecular formula is C37H48N4O7. The van der Waals surface area contributed by atoms with E-state index in [-0.39, 0.29) is 18.3 Å². The summed E-state index contributed by atoms with van der Waals surface area (Å²) in [6.07, 6.45) is 4.52. The standard InChI is InChI=1S/C37H48N4O7/c1-8-37-18-10-9-12-23-15-16-28-26(20-23)30(31(43)36(5,6)47-28)38-32(44)25-14-11-13-24(21-25)27(17-19-46-7)41(29(42)22-37)33(40-37)39-34(45)48-35(2,3)4/h9,11-16,20-21,27,30-31,43H,8,10,17-19,22H2,1-7H3,(H,38,44)(H,39,40,45)/b12-9+/t27-,30-,31+,37?/m1/s1. The van der Waals surface area contributed by atoms with Crippen LogP contribution in [0.2, 0.25) is 0 Å². The number of aliphatic hydroxyl groups excluding tert-OH is 1. The van der Waals surface area contributed by atoms with Gasteiger partial charge in [0, 0.05) is 24.8 Å². The number of hydrogen-bond donors (Lipinski definition) is 3. The number of methoxy groups -OCH3 is 1. The number of nitrogens with zero attached hydrogens (tertiary/aromatic N) is 2. The zero-order valence-electron chi connectivity index (χ0n) is 29.0. The topological polar surface area (TPSA) is 139 Å². The molecule has 4 atom stereocenters. The Hall–Kier alpha value is -4.22. The molecule has 48 heavy (non-hydrogen) atoms. The number of carbonyl (C=O) groups excluding carboxylic acids is 3. The van der Waals surface area contributed by atoms with Crippen molar-refractivity contribution in [3.8, 4) is 5.75 Å². The Kier molecular flexibility index (Phi) is 10.0. The van der Waals surface area contributed by atoms with Crippen molar-refractivity contribution in [3.63, 3.8) is 0 Å². The second-order valence-electron chi connectivity index (χ2n) is 14.3. The number of alkyl carbamates (subject to hydrolysis) is 1. The fourth-order valence-electron chi connectivity index (χ4n) is 6.57. The summed E-state index contributed by atoms with van der Waals surface area (Å²) in [6, 6.07) is 11.4. The van der Waals surface area contributed by atoms with Crippen molar-refractivity contribution in [2.45, 2.75) is 109 Å². The molecule has 0 radical (unpaired) electrons. The molecule has 4 aliphatic rings. The third-order valence-electron chi connectivity index (χ3n) is 9.17. The van der Waals surface area contributed by atoms with Gasteiger partial charge in [0.2, 0.25) is 11.9 Å². The van der Waals surface area contributed by atoms with E-state index in [0.717, 1.165) is 5.56 Å². The summed E-state index contributed by atoms with van der Waals surface area (Å²) in [5.41, 5.74) is 0.0898. The van der Waals surface area contributed by atoms with E-state index in [9.17, 15) is 19.5 Å². The quantitative estimate of drug-likeness (QED) is 0.375. The number of hydrogen-bond acceptors (Lipinski definition) is 8. The first-order valence-electron chi connectivity index (χ1n) is 16.6. The van der Waals surface area contributed by atoms with Crippen molar-refractivity contribution in [2.75, 3.05) is 13.7 Å². The normalized spacial score (nSPS) is 26.0. The lowest BCUT2D eigenvalue weighted by molar-refractivity contribution is -0.132. The summed E-state index contributed by atoms with van der Waals surface area (Å²) in [6.45, 7) is 11.2. The number of ether oxygens (including phenoxy) is 3. The fourth-order valence-corrected chi connectivity index (χ4v) is 6.57. The van der Waals surface area contributed by atoms with E-state index in [4.69, 9.17) is 19.2 Å². The number of nitrogens with one attached hydrogen (secondary N) is 2. The number of benzene rings is 2. The maximum Gasteiger partial charge on any atom is 0.414 e. The Morgan fingerprint density at radius 2 is 1.96 bits per heavy atom. The average molecular weight is 661 g/mol. The Morgan fingerprint density at radius 1 is 1.19 bits per heavy atom. The van der Waals surface area contributed by atoms with Gasteiger partial charge in [0.15, 0.2) is 0 Å². The molecule has 0 fully saturated rings. The highest BCUT2D eigenvalue weighted by Gasteiger charge is 2.45. The van der Waals surface area contributed by atoms with Crippen LogP contribution in [0.4, 0.5) is 4.79 Å². The molecule has 6 bridgehead atoms. The van der Waals surface area contributed by atoms with Crippen molar-refractivity contribution < 1.29 is 33.7 Å². The molecule has 2 aromatic rings. The molecule has 3 N–H and O–H groups in total. The van der Waals surface area contributed by atoms with E-state index in [0.29, 0.717) is 54.7 Å². The monoisotopic (exact) mass is 660 g/mol. The summed E-state index contributed by atoms with van der Waals surface area (Å²) in [5.74, 6) is 0.110. The highest BCUT2D eigenvalue weighted by Crippen LogP contribution is 2.41. The maximum absolute atomic E-state index is 14.3. The first kappa shape index (κ1) is 35.1. The summed E-state index contributed by atoms with van der Waals surface area (Å²) < 4.78 is 17.2. The SMILES string of the molecule is CCC12CC/C=C/c3ccc4c(c3)[C@@H](NC(=O)c3cccc(c3)[C@@H](CCOC)N(C(=O)C1)C(NC(=O)OC(C)(C)C)=N2)[C@H](O)C(C)(C)O4. The van der Waals surface area contributed by atoms with Crippen LogP contribution in [0.15, 0.2) is 53.5 Å². The first-order valence-corrected chi connectivity index (χ1v) is 16.6. The molecule has 0 saturated carbocycles. The predicted octanol–water partition coefficient (Wildman–Crippen LogP) is 5.84. The van der Waals surface area contributed by atoms with Gasteiger partial charge in [-0.15, -0.1) is 0 Å².